The van der Waals surface area contributed by atoms with Crippen LogP contribution in [0, 0.1) is 17.2 Å². The van der Waals surface area contributed by atoms with Crippen LogP contribution < -0.4 is 5.32 Å². The molecule has 68 valence electrons. The number of hydrogen-bond donors (Lipinski definition) is 1. The van der Waals surface area contributed by atoms with E-state index in [2.05, 4.69) is 23.2 Å². The van der Waals surface area contributed by atoms with Crippen molar-refractivity contribution in [1.82, 2.24) is 10.2 Å². The molecule has 1 fully saturated rings. The Balaban J connectivity index is 2.40. The lowest BCUT2D eigenvalue weighted by Gasteiger charge is -2.34. The minimum atomic E-state index is 0.571. The van der Waals surface area contributed by atoms with E-state index in [1.807, 2.05) is 7.05 Å². The lowest BCUT2D eigenvalue weighted by Crippen LogP contribution is -2.47. The summed E-state index contributed by atoms with van der Waals surface area (Å²) in [4.78, 5) is 2.22. The summed E-state index contributed by atoms with van der Waals surface area (Å²) in [7, 11) is 1.99. The number of rotatable bonds is 2. The first kappa shape index (κ1) is 9.50. The molecule has 0 bridgehead atoms. The number of likely N-dealkylation sites (N-methyl/N-ethyl adjacent to an activating group) is 1. The Labute approximate surface area is 74.4 Å². The van der Waals surface area contributed by atoms with E-state index >= 15 is 0 Å². The van der Waals surface area contributed by atoms with Gasteiger partial charge in [-0.05, 0) is 19.4 Å². The van der Waals surface area contributed by atoms with Crippen LogP contribution in [-0.4, -0.2) is 37.6 Å². The summed E-state index contributed by atoms with van der Waals surface area (Å²) in [6.45, 7) is 4.91. The van der Waals surface area contributed by atoms with Crippen molar-refractivity contribution in [3.05, 3.63) is 0 Å². The molecular formula is C9H17N3. The van der Waals surface area contributed by atoms with Crippen molar-refractivity contribution in [1.29, 1.82) is 5.26 Å². The quantitative estimate of drug-likeness (QED) is 0.607. The van der Waals surface area contributed by atoms with E-state index in [9.17, 15) is 0 Å². The number of hydrogen-bond acceptors (Lipinski definition) is 3. The van der Waals surface area contributed by atoms with Crippen molar-refractivity contribution in [3.8, 4) is 6.07 Å². The highest BCUT2D eigenvalue weighted by atomic mass is 15.2. The van der Waals surface area contributed by atoms with Crippen LogP contribution in [-0.2, 0) is 0 Å². The van der Waals surface area contributed by atoms with Crippen LogP contribution in [0.3, 0.4) is 0 Å². The van der Waals surface area contributed by atoms with Crippen molar-refractivity contribution >= 4 is 0 Å². The molecule has 1 aliphatic heterocycles. The maximum atomic E-state index is 8.55. The minimum Gasteiger partial charge on any atom is -0.316 e. The Hall–Kier alpha value is -0.590. The number of nitrogens with zero attached hydrogens (tertiary/aromatic N) is 2. The Morgan fingerprint density at radius 3 is 2.92 bits per heavy atom. The second-order valence-corrected chi connectivity index (χ2v) is 3.68. The molecule has 1 heterocycles. The fourth-order valence-electron chi connectivity index (χ4n) is 1.90. The molecule has 0 amide bonds. The van der Waals surface area contributed by atoms with Gasteiger partial charge in [-0.15, -0.1) is 0 Å². The van der Waals surface area contributed by atoms with Crippen LogP contribution >= 0.6 is 0 Å². The van der Waals surface area contributed by atoms with Crippen LogP contribution in [0.5, 0.6) is 0 Å². The lowest BCUT2D eigenvalue weighted by molar-refractivity contribution is 0.169. The van der Waals surface area contributed by atoms with Gasteiger partial charge in [0.2, 0.25) is 0 Å². The normalized spacial score (nSPS) is 31.4. The molecule has 0 radical (unpaired) electrons. The van der Waals surface area contributed by atoms with Crippen molar-refractivity contribution in [2.24, 2.45) is 5.92 Å². The second kappa shape index (κ2) is 4.44. The van der Waals surface area contributed by atoms with Crippen LogP contribution in [0.15, 0.2) is 0 Å². The molecule has 0 spiro atoms. The smallest absolute Gasteiger partial charge is 0.0866 e. The molecule has 1 aliphatic rings. The average molecular weight is 167 g/mol. The molecule has 1 N–H and O–H groups in total. The van der Waals surface area contributed by atoms with Crippen molar-refractivity contribution in [2.75, 3.05) is 26.7 Å². The summed E-state index contributed by atoms with van der Waals surface area (Å²) in [5.74, 6) is 0.713. The highest BCUT2D eigenvalue weighted by molar-refractivity contribution is 4.85. The first-order valence-electron chi connectivity index (χ1n) is 4.52. The third-order valence-electron chi connectivity index (χ3n) is 2.44. The third kappa shape index (κ3) is 2.47. The fourth-order valence-corrected chi connectivity index (χ4v) is 1.90. The summed E-state index contributed by atoms with van der Waals surface area (Å²) in [5, 5.41) is 11.8. The van der Waals surface area contributed by atoms with Gasteiger partial charge in [-0.3, -0.25) is 4.90 Å². The van der Waals surface area contributed by atoms with Gasteiger partial charge in [0.1, 0.15) is 0 Å². The van der Waals surface area contributed by atoms with E-state index in [1.165, 1.54) is 6.42 Å². The fraction of sp³-hybridized carbons (Fsp3) is 0.889. The van der Waals surface area contributed by atoms with E-state index in [1.54, 1.807) is 0 Å². The van der Waals surface area contributed by atoms with Gasteiger partial charge in [-0.25, -0.2) is 0 Å². The molecule has 12 heavy (non-hydrogen) atoms. The van der Waals surface area contributed by atoms with Gasteiger partial charge in [-0.2, -0.15) is 5.26 Å². The molecule has 0 saturated carbocycles. The summed E-state index contributed by atoms with van der Waals surface area (Å²) in [5.41, 5.74) is 0. The van der Waals surface area contributed by atoms with Gasteiger partial charge in [0, 0.05) is 19.1 Å². The molecule has 0 aliphatic carbocycles. The summed E-state index contributed by atoms with van der Waals surface area (Å²) in [6, 6.07) is 2.77. The standard InChI is InChI=1S/C9H17N3/c1-8-5-9(11-2)7-12(6-8)4-3-10/h8-9,11H,4-7H2,1-2H3. The summed E-state index contributed by atoms with van der Waals surface area (Å²) in [6.07, 6.45) is 1.23. The monoisotopic (exact) mass is 167 g/mol. The Bertz CT molecular complexity index is 173. The summed E-state index contributed by atoms with van der Waals surface area (Å²) >= 11 is 0. The van der Waals surface area contributed by atoms with Crippen molar-refractivity contribution in [3.63, 3.8) is 0 Å². The van der Waals surface area contributed by atoms with Gasteiger partial charge in [0.05, 0.1) is 12.6 Å². The van der Waals surface area contributed by atoms with Crippen LogP contribution in [0.4, 0.5) is 0 Å². The van der Waals surface area contributed by atoms with E-state index in [4.69, 9.17) is 5.26 Å². The molecule has 0 aromatic rings. The van der Waals surface area contributed by atoms with Gasteiger partial charge in [-0.1, -0.05) is 6.92 Å². The number of likely N-dealkylation sites (tertiary alicyclic amines) is 1. The molecule has 3 nitrogen and oxygen atoms in total. The Morgan fingerprint density at radius 2 is 2.33 bits per heavy atom. The predicted octanol–water partition coefficient (Wildman–Crippen LogP) is 0.440. The lowest BCUT2D eigenvalue weighted by atomic mass is 9.96. The summed E-state index contributed by atoms with van der Waals surface area (Å²) < 4.78 is 0. The largest absolute Gasteiger partial charge is 0.316 e. The predicted molar refractivity (Wildman–Crippen MR) is 48.7 cm³/mol. The van der Waals surface area contributed by atoms with Crippen molar-refractivity contribution in [2.45, 2.75) is 19.4 Å². The van der Waals surface area contributed by atoms with E-state index in [0.717, 1.165) is 13.1 Å². The second-order valence-electron chi connectivity index (χ2n) is 3.68. The zero-order chi connectivity index (χ0) is 8.97. The molecule has 2 atom stereocenters. The number of nitriles is 1. The molecule has 0 aromatic carbocycles. The number of nitrogens with one attached hydrogen (secondary N) is 1. The van der Waals surface area contributed by atoms with Gasteiger partial charge < -0.3 is 5.32 Å². The SMILES string of the molecule is CNC1CC(C)CN(CC#N)C1. The Morgan fingerprint density at radius 1 is 1.58 bits per heavy atom. The molecule has 1 saturated heterocycles. The first-order chi connectivity index (χ1) is 5.76. The van der Waals surface area contributed by atoms with Crippen LogP contribution in [0.2, 0.25) is 0 Å². The van der Waals surface area contributed by atoms with Crippen LogP contribution in [0.25, 0.3) is 0 Å². The van der Waals surface area contributed by atoms with Gasteiger partial charge >= 0.3 is 0 Å². The van der Waals surface area contributed by atoms with Gasteiger partial charge in [0.15, 0.2) is 0 Å². The molecule has 3 heteroatoms. The minimum absolute atomic E-state index is 0.571. The first-order valence-corrected chi connectivity index (χ1v) is 4.52. The van der Waals surface area contributed by atoms with Crippen LogP contribution in [0.1, 0.15) is 13.3 Å². The average Bonchev–Trinajstić information content (AvgIpc) is 2.04. The zero-order valence-electron chi connectivity index (χ0n) is 7.88. The topological polar surface area (TPSA) is 39.1 Å². The Kier molecular flexibility index (Phi) is 3.51. The molecule has 1 rings (SSSR count). The highest BCUT2D eigenvalue weighted by Crippen LogP contribution is 2.15. The maximum absolute atomic E-state index is 8.55. The maximum Gasteiger partial charge on any atom is 0.0866 e. The van der Waals surface area contributed by atoms with Crippen molar-refractivity contribution < 1.29 is 0 Å². The van der Waals surface area contributed by atoms with Gasteiger partial charge in [0.25, 0.3) is 0 Å². The van der Waals surface area contributed by atoms with E-state index in [0.29, 0.717) is 18.5 Å². The third-order valence-corrected chi connectivity index (χ3v) is 2.44. The molecule has 0 aromatic heterocycles. The van der Waals surface area contributed by atoms with E-state index in [-0.39, 0.29) is 0 Å². The number of piperidine rings is 1. The van der Waals surface area contributed by atoms with E-state index < -0.39 is 0 Å². The highest BCUT2D eigenvalue weighted by Gasteiger charge is 2.22. The molecular weight excluding hydrogens is 150 g/mol. The molecule has 2 unspecified atom stereocenters. The zero-order valence-corrected chi connectivity index (χ0v) is 7.88.